The number of fused-ring (bicyclic) bond motifs is 1. The zero-order chi connectivity index (χ0) is 21.0. The topological polar surface area (TPSA) is 103 Å². The fourth-order valence-electron chi connectivity index (χ4n) is 3.67. The van der Waals surface area contributed by atoms with E-state index in [9.17, 15) is 9.90 Å². The molecule has 0 bridgehead atoms. The molecule has 154 valence electrons. The van der Waals surface area contributed by atoms with E-state index in [0.29, 0.717) is 29.9 Å². The van der Waals surface area contributed by atoms with Crippen LogP contribution in [0.15, 0.2) is 48.8 Å². The van der Waals surface area contributed by atoms with Gasteiger partial charge in [-0.1, -0.05) is 51.1 Å². The van der Waals surface area contributed by atoms with Gasteiger partial charge in [-0.2, -0.15) is 5.10 Å². The first kappa shape index (κ1) is 21.0. The largest absolute Gasteiger partial charge is 0.390 e. The average molecular weight is 396 g/mol. The highest BCUT2D eigenvalue weighted by molar-refractivity contribution is 5.99. The van der Waals surface area contributed by atoms with Crippen LogP contribution < -0.4 is 5.73 Å². The molecule has 0 aliphatic rings. The summed E-state index contributed by atoms with van der Waals surface area (Å²) in [6.07, 6.45) is 1.52. The first-order valence-corrected chi connectivity index (χ1v) is 9.91. The molecule has 0 saturated carbocycles. The molecule has 7 nitrogen and oxygen atoms in total. The van der Waals surface area contributed by atoms with Crippen molar-refractivity contribution in [1.29, 1.82) is 0 Å². The first-order valence-electron chi connectivity index (χ1n) is 9.91. The molecule has 0 aliphatic carbocycles. The van der Waals surface area contributed by atoms with Crippen LogP contribution in [0.4, 0.5) is 5.82 Å². The average Bonchev–Trinajstić information content (AvgIpc) is 3.19. The van der Waals surface area contributed by atoms with Gasteiger partial charge in [0.05, 0.1) is 12.2 Å². The van der Waals surface area contributed by atoms with Gasteiger partial charge in [-0.05, 0) is 30.5 Å². The molecule has 29 heavy (non-hydrogen) atoms. The van der Waals surface area contributed by atoms with Crippen molar-refractivity contribution >= 4 is 17.1 Å². The quantitative estimate of drug-likeness (QED) is 0.538. The van der Waals surface area contributed by atoms with Crippen LogP contribution in [0.25, 0.3) is 5.52 Å². The predicted molar refractivity (Wildman–Crippen MR) is 111 cm³/mol. The number of nitrogens with two attached hydrogens (primary N) is 1. The number of hydrogen-bond donors (Lipinski definition) is 2. The van der Waals surface area contributed by atoms with Gasteiger partial charge >= 0.3 is 0 Å². The molecule has 2 atom stereocenters. The molecule has 3 rings (SSSR count). The molecule has 0 radical (unpaired) electrons. The molecule has 3 N–H and O–H groups in total. The van der Waals surface area contributed by atoms with Crippen LogP contribution in [0.3, 0.4) is 0 Å². The van der Waals surface area contributed by atoms with Crippen LogP contribution >= 0.6 is 0 Å². The van der Waals surface area contributed by atoms with E-state index >= 15 is 0 Å². The van der Waals surface area contributed by atoms with Crippen molar-refractivity contribution in [3.63, 3.8) is 0 Å². The number of aromatic nitrogens is 3. The molecular weight excluding hydrogens is 368 g/mol. The van der Waals surface area contributed by atoms with E-state index < -0.39 is 17.6 Å². The highest BCUT2D eigenvalue weighted by Crippen LogP contribution is 2.31. The Labute approximate surface area is 170 Å². The normalized spacial score (nSPS) is 14.1. The maximum Gasteiger partial charge on any atom is 0.210 e. The highest BCUT2D eigenvalue weighted by atomic mass is 16.5. The van der Waals surface area contributed by atoms with Gasteiger partial charge in [-0.15, -0.1) is 0 Å². The molecule has 7 heteroatoms. The Morgan fingerprint density at radius 2 is 1.90 bits per heavy atom. The lowest BCUT2D eigenvalue weighted by Gasteiger charge is -2.36. The molecule has 0 saturated heterocycles. The number of carbonyl (C=O) groups is 1. The van der Waals surface area contributed by atoms with Crippen molar-refractivity contribution in [2.24, 2.45) is 5.92 Å². The van der Waals surface area contributed by atoms with E-state index in [4.69, 9.17) is 10.5 Å². The zero-order valence-corrected chi connectivity index (χ0v) is 17.1. The Kier molecular flexibility index (Phi) is 6.30. The predicted octanol–water partition coefficient (Wildman–Crippen LogP) is 3.27. The van der Waals surface area contributed by atoms with Crippen molar-refractivity contribution in [2.75, 3.05) is 5.73 Å². The SMILES string of the molecule is CCC(O)(CC)[C@@H](C)[C@@H](OCc1ccccc1)C(=O)c1ccc2c(N)ncnn12. The summed E-state index contributed by atoms with van der Waals surface area (Å²) in [5.41, 5.74) is 6.76. The highest BCUT2D eigenvalue weighted by Gasteiger charge is 2.40. The Balaban J connectivity index is 1.96. The van der Waals surface area contributed by atoms with Crippen LogP contribution in [-0.4, -0.2) is 37.2 Å². The fourth-order valence-corrected chi connectivity index (χ4v) is 3.67. The van der Waals surface area contributed by atoms with Crippen LogP contribution in [0.2, 0.25) is 0 Å². The second-order valence-electron chi connectivity index (χ2n) is 7.34. The summed E-state index contributed by atoms with van der Waals surface area (Å²) in [4.78, 5) is 17.5. The molecule has 3 aromatic rings. The number of carbonyl (C=O) groups excluding carboxylic acids is 1. The molecular formula is C22H28N4O3. The minimum Gasteiger partial charge on any atom is -0.390 e. The lowest BCUT2D eigenvalue weighted by atomic mass is 9.79. The molecule has 0 spiro atoms. The second-order valence-corrected chi connectivity index (χ2v) is 7.34. The monoisotopic (exact) mass is 396 g/mol. The van der Waals surface area contributed by atoms with Crippen molar-refractivity contribution in [1.82, 2.24) is 14.6 Å². The van der Waals surface area contributed by atoms with Crippen molar-refractivity contribution in [3.8, 4) is 0 Å². The van der Waals surface area contributed by atoms with E-state index in [1.54, 1.807) is 12.1 Å². The standard InChI is InChI=1S/C22H28N4O3/c1-4-22(28,5-2)15(3)20(29-13-16-9-7-6-8-10-16)19(27)17-11-12-18-21(23)24-14-25-26(17)18/h6-12,14-15,20,28H,4-5,13H2,1-3H3,(H2,23,24,25)/t15-,20+/m0/s1. The van der Waals surface area contributed by atoms with Crippen LogP contribution in [-0.2, 0) is 11.3 Å². The Morgan fingerprint density at radius 3 is 2.55 bits per heavy atom. The van der Waals surface area contributed by atoms with Crippen LogP contribution in [0.5, 0.6) is 0 Å². The summed E-state index contributed by atoms with van der Waals surface area (Å²) in [5, 5.41) is 15.3. The fraction of sp³-hybridized carbons (Fsp3) is 0.409. The summed E-state index contributed by atoms with van der Waals surface area (Å²) in [6, 6.07) is 13.1. The number of Topliss-reactive ketones (excluding diaryl/α,β-unsaturated/α-hetero) is 1. The van der Waals surface area contributed by atoms with E-state index in [1.165, 1.54) is 10.8 Å². The number of ketones is 1. The summed E-state index contributed by atoms with van der Waals surface area (Å²) < 4.78 is 7.59. The van der Waals surface area contributed by atoms with Crippen LogP contribution in [0.1, 0.15) is 49.7 Å². The van der Waals surface area contributed by atoms with Gasteiger partial charge in [0.1, 0.15) is 23.6 Å². The number of anilines is 1. The third kappa shape index (κ3) is 4.16. The van der Waals surface area contributed by atoms with Gasteiger partial charge < -0.3 is 15.6 Å². The minimum absolute atomic E-state index is 0.244. The molecule has 2 aromatic heterocycles. The van der Waals surface area contributed by atoms with Crippen LogP contribution in [0, 0.1) is 5.92 Å². The number of rotatable bonds is 9. The Morgan fingerprint density at radius 1 is 1.21 bits per heavy atom. The summed E-state index contributed by atoms with van der Waals surface area (Å²) >= 11 is 0. The third-order valence-electron chi connectivity index (χ3n) is 5.79. The molecule has 0 fully saturated rings. The van der Waals surface area contributed by atoms with Gasteiger partial charge in [-0.3, -0.25) is 4.79 Å². The van der Waals surface area contributed by atoms with E-state index in [0.717, 1.165) is 5.56 Å². The second kappa shape index (κ2) is 8.71. The number of ether oxygens (including phenoxy) is 1. The van der Waals surface area contributed by atoms with E-state index in [1.807, 2.05) is 51.1 Å². The molecule has 0 aliphatic heterocycles. The Hall–Kier alpha value is -2.77. The first-order chi connectivity index (χ1) is 13.9. The summed E-state index contributed by atoms with van der Waals surface area (Å²) in [5.74, 6) is -0.363. The van der Waals surface area contributed by atoms with Gasteiger partial charge in [-0.25, -0.2) is 9.50 Å². The van der Waals surface area contributed by atoms with Gasteiger partial charge in [0.2, 0.25) is 5.78 Å². The van der Waals surface area contributed by atoms with Gasteiger partial charge in [0.25, 0.3) is 0 Å². The molecule has 0 amide bonds. The van der Waals surface area contributed by atoms with Crippen molar-refractivity contribution in [3.05, 3.63) is 60.0 Å². The third-order valence-corrected chi connectivity index (χ3v) is 5.79. The van der Waals surface area contributed by atoms with E-state index in [2.05, 4.69) is 10.1 Å². The lowest BCUT2D eigenvalue weighted by molar-refractivity contribution is -0.0838. The van der Waals surface area contributed by atoms with Gasteiger partial charge in [0.15, 0.2) is 5.82 Å². The zero-order valence-electron chi connectivity index (χ0n) is 17.1. The number of hydrogen-bond acceptors (Lipinski definition) is 6. The number of benzene rings is 1. The lowest BCUT2D eigenvalue weighted by Crippen LogP contribution is -2.46. The molecule has 2 heterocycles. The maximum absolute atomic E-state index is 13.5. The smallest absolute Gasteiger partial charge is 0.210 e. The Bertz CT molecular complexity index is 967. The molecule has 1 aromatic carbocycles. The summed E-state index contributed by atoms with van der Waals surface area (Å²) in [7, 11) is 0. The van der Waals surface area contributed by atoms with Gasteiger partial charge in [0, 0.05) is 5.92 Å². The number of nitrogen functional groups attached to an aromatic ring is 1. The number of nitrogens with zero attached hydrogens (tertiary/aromatic N) is 3. The summed E-state index contributed by atoms with van der Waals surface area (Å²) in [6.45, 7) is 5.96. The minimum atomic E-state index is -1.02. The number of aliphatic hydroxyl groups is 1. The van der Waals surface area contributed by atoms with E-state index in [-0.39, 0.29) is 12.4 Å². The maximum atomic E-state index is 13.5. The van der Waals surface area contributed by atoms with Crippen molar-refractivity contribution < 1.29 is 14.6 Å². The molecule has 0 unspecified atom stereocenters. The van der Waals surface area contributed by atoms with Crippen molar-refractivity contribution in [2.45, 2.75) is 51.9 Å².